The van der Waals surface area contributed by atoms with Crippen LogP contribution in [0.4, 0.5) is 4.39 Å². The highest BCUT2D eigenvalue weighted by Crippen LogP contribution is 2.15. The first-order chi connectivity index (χ1) is 9.65. The van der Waals surface area contributed by atoms with Crippen LogP contribution in [0.3, 0.4) is 0 Å². The molecule has 2 rings (SSSR count). The zero-order valence-electron chi connectivity index (χ0n) is 12.0. The first-order valence-electron chi connectivity index (χ1n) is 7.16. The Hall–Kier alpha value is -1.26. The third kappa shape index (κ3) is 4.69. The molecule has 0 N–H and O–H groups in total. The summed E-state index contributed by atoms with van der Waals surface area (Å²) in [6.45, 7) is 2.93. The maximum absolute atomic E-state index is 13.5. The average Bonchev–Trinajstić information content (AvgIpc) is 2.42. The molecule has 1 fully saturated rings. The second-order valence-corrected chi connectivity index (χ2v) is 5.56. The highest BCUT2D eigenvalue weighted by molar-refractivity contribution is 5.82. The molecule has 1 aliphatic heterocycles. The number of hydrogen-bond acceptors (Lipinski definition) is 3. The van der Waals surface area contributed by atoms with Gasteiger partial charge in [-0.3, -0.25) is 9.69 Å². The van der Waals surface area contributed by atoms with Crippen LogP contribution in [0.5, 0.6) is 0 Å². The van der Waals surface area contributed by atoms with Gasteiger partial charge in [-0.25, -0.2) is 4.39 Å². The number of rotatable bonds is 6. The molecule has 0 aliphatic carbocycles. The Balaban J connectivity index is 1.77. The highest BCUT2D eigenvalue weighted by Gasteiger charge is 2.17. The van der Waals surface area contributed by atoms with Crippen molar-refractivity contribution in [1.29, 1.82) is 0 Å². The third-order valence-electron chi connectivity index (χ3n) is 3.70. The van der Waals surface area contributed by atoms with E-state index < -0.39 is 0 Å². The molecule has 1 aromatic carbocycles. The molecule has 0 saturated carbocycles. The molecule has 0 aromatic heterocycles. The number of halogens is 1. The van der Waals surface area contributed by atoms with Gasteiger partial charge in [0, 0.05) is 26.2 Å². The molecule has 0 radical (unpaired) electrons. The monoisotopic (exact) mass is 279 g/mol. The summed E-state index contributed by atoms with van der Waals surface area (Å²) in [7, 11) is 1.95. The highest BCUT2D eigenvalue weighted by atomic mass is 19.1. The second-order valence-electron chi connectivity index (χ2n) is 5.56. The predicted molar refractivity (Wildman–Crippen MR) is 76.2 cm³/mol. The smallest absolute Gasteiger partial charge is 0.151 e. The van der Waals surface area contributed by atoms with Crippen LogP contribution in [0, 0.1) is 11.7 Å². The molecule has 0 spiro atoms. The topological polar surface area (TPSA) is 29.5 Å². The van der Waals surface area contributed by atoms with Gasteiger partial charge in [-0.2, -0.15) is 0 Å². The van der Waals surface area contributed by atoms with E-state index in [1.165, 1.54) is 6.07 Å². The van der Waals surface area contributed by atoms with Crippen LogP contribution in [-0.2, 0) is 16.0 Å². The van der Waals surface area contributed by atoms with Gasteiger partial charge in [-0.15, -0.1) is 0 Å². The molecule has 0 amide bonds. The number of carbonyl (C=O) groups is 1. The van der Waals surface area contributed by atoms with E-state index in [-0.39, 0.29) is 18.0 Å². The second kappa shape index (κ2) is 7.50. The Morgan fingerprint density at radius 1 is 1.35 bits per heavy atom. The summed E-state index contributed by atoms with van der Waals surface area (Å²) in [5.74, 6) is 0.368. The van der Waals surface area contributed by atoms with Gasteiger partial charge in [-0.05, 0) is 37.4 Å². The number of ether oxygens (including phenoxy) is 1. The number of ketones is 1. The molecule has 4 heteroatoms. The molecular formula is C16H22FNO2. The van der Waals surface area contributed by atoms with Crippen molar-refractivity contribution in [1.82, 2.24) is 4.90 Å². The Bertz CT molecular complexity index is 444. The van der Waals surface area contributed by atoms with Gasteiger partial charge in [0.1, 0.15) is 5.82 Å². The van der Waals surface area contributed by atoms with E-state index in [2.05, 4.69) is 0 Å². The van der Waals surface area contributed by atoms with Crippen molar-refractivity contribution in [3.05, 3.63) is 35.6 Å². The lowest BCUT2D eigenvalue weighted by atomic mass is 9.99. The van der Waals surface area contributed by atoms with Gasteiger partial charge in [0.15, 0.2) is 5.78 Å². The minimum atomic E-state index is -0.298. The van der Waals surface area contributed by atoms with Crippen molar-refractivity contribution < 1.29 is 13.9 Å². The Kier molecular flexibility index (Phi) is 5.68. The predicted octanol–water partition coefficient (Wildman–Crippen LogP) is 2.30. The van der Waals surface area contributed by atoms with Crippen LogP contribution < -0.4 is 0 Å². The molecule has 1 heterocycles. The van der Waals surface area contributed by atoms with Crippen molar-refractivity contribution in [2.24, 2.45) is 5.92 Å². The normalized spacial score (nSPS) is 16.6. The van der Waals surface area contributed by atoms with Gasteiger partial charge < -0.3 is 4.74 Å². The number of hydrogen-bond donors (Lipinski definition) is 0. The van der Waals surface area contributed by atoms with Crippen LogP contribution in [0.1, 0.15) is 18.4 Å². The largest absolute Gasteiger partial charge is 0.381 e. The summed E-state index contributed by atoms with van der Waals surface area (Å²) in [6, 6.07) is 6.47. The van der Waals surface area contributed by atoms with Crippen LogP contribution in [0.25, 0.3) is 0 Å². The molecule has 110 valence electrons. The zero-order valence-corrected chi connectivity index (χ0v) is 12.0. The molecule has 1 aliphatic rings. The Labute approximate surface area is 119 Å². The van der Waals surface area contributed by atoms with E-state index in [9.17, 15) is 9.18 Å². The van der Waals surface area contributed by atoms with Crippen LogP contribution >= 0.6 is 0 Å². The van der Waals surface area contributed by atoms with E-state index in [0.717, 1.165) is 32.6 Å². The zero-order chi connectivity index (χ0) is 14.4. The molecule has 3 nitrogen and oxygen atoms in total. The SMILES string of the molecule is CN(CC(=O)Cc1ccccc1F)CC1CCOCC1. The summed E-state index contributed by atoms with van der Waals surface area (Å²) >= 11 is 0. The lowest BCUT2D eigenvalue weighted by Gasteiger charge is -2.26. The van der Waals surface area contributed by atoms with Gasteiger partial charge in [0.25, 0.3) is 0 Å². The summed E-state index contributed by atoms with van der Waals surface area (Å²) < 4.78 is 18.8. The van der Waals surface area contributed by atoms with Crippen LogP contribution in [0.15, 0.2) is 24.3 Å². The third-order valence-corrected chi connectivity index (χ3v) is 3.70. The van der Waals surface area contributed by atoms with Crippen LogP contribution in [0.2, 0.25) is 0 Å². The van der Waals surface area contributed by atoms with E-state index in [1.54, 1.807) is 18.2 Å². The number of benzene rings is 1. The summed E-state index contributed by atoms with van der Waals surface area (Å²) in [4.78, 5) is 14.0. The van der Waals surface area contributed by atoms with Gasteiger partial charge in [0.05, 0.1) is 6.54 Å². The molecule has 0 unspecified atom stereocenters. The van der Waals surface area contributed by atoms with Crippen molar-refractivity contribution in [3.8, 4) is 0 Å². The molecular weight excluding hydrogens is 257 g/mol. The van der Waals surface area contributed by atoms with E-state index >= 15 is 0 Å². The summed E-state index contributed by atoms with van der Waals surface area (Å²) in [6.07, 6.45) is 2.29. The van der Waals surface area contributed by atoms with Crippen molar-refractivity contribution in [2.45, 2.75) is 19.3 Å². The fraction of sp³-hybridized carbons (Fsp3) is 0.562. The summed E-state index contributed by atoms with van der Waals surface area (Å²) in [5.41, 5.74) is 0.483. The minimum Gasteiger partial charge on any atom is -0.381 e. The maximum Gasteiger partial charge on any atom is 0.151 e. The van der Waals surface area contributed by atoms with Gasteiger partial charge >= 0.3 is 0 Å². The molecule has 20 heavy (non-hydrogen) atoms. The number of likely N-dealkylation sites (N-methyl/N-ethyl adjacent to an activating group) is 1. The maximum atomic E-state index is 13.5. The lowest BCUT2D eigenvalue weighted by molar-refractivity contribution is -0.119. The quantitative estimate of drug-likeness (QED) is 0.800. The Morgan fingerprint density at radius 2 is 2.05 bits per heavy atom. The number of Topliss-reactive ketones (excluding diaryl/α,β-unsaturated/α-hetero) is 1. The first kappa shape index (κ1) is 15.1. The van der Waals surface area contributed by atoms with E-state index in [4.69, 9.17) is 4.74 Å². The van der Waals surface area contributed by atoms with Crippen molar-refractivity contribution >= 4 is 5.78 Å². The lowest BCUT2D eigenvalue weighted by Crippen LogP contribution is -2.33. The standard InChI is InChI=1S/C16H22FNO2/c1-18(11-13-6-8-20-9-7-13)12-15(19)10-14-4-2-3-5-16(14)17/h2-5,13H,6-12H2,1H3. The fourth-order valence-corrected chi connectivity index (χ4v) is 2.65. The average molecular weight is 279 g/mol. The van der Waals surface area contributed by atoms with Crippen molar-refractivity contribution in [3.63, 3.8) is 0 Å². The molecule has 1 aromatic rings. The minimum absolute atomic E-state index is 0.0599. The Morgan fingerprint density at radius 3 is 2.75 bits per heavy atom. The van der Waals surface area contributed by atoms with E-state index in [0.29, 0.717) is 18.0 Å². The molecule has 0 atom stereocenters. The summed E-state index contributed by atoms with van der Waals surface area (Å²) in [5, 5.41) is 0. The number of carbonyl (C=O) groups excluding carboxylic acids is 1. The molecule has 1 saturated heterocycles. The first-order valence-corrected chi connectivity index (χ1v) is 7.16. The van der Waals surface area contributed by atoms with Crippen molar-refractivity contribution in [2.75, 3.05) is 33.4 Å². The fourth-order valence-electron chi connectivity index (χ4n) is 2.65. The van der Waals surface area contributed by atoms with Gasteiger partial charge in [0.2, 0.25) is 0 Å². The van der Waals surface area contributed by atoms with Crippen LogP contribution in [-0.4, -0.2) is 44.0 Å². The van der Waals surface area contributed by atoms with E-state index in [1.807, 2.05) is 11.9 Å². The van der Waals surface area contributed by atoms with Gasteiger partial charge in [-0.1, -0.05) is 18.2 Å². The number of nitrogens with zero attached hydrogens (tertiary/aromatic N) is 1. The molecule has 0 bridgehead atoms.